The maximum Gasteiger partial charge on any atom is 0.163 e. The minimum atomic E-state index is -0.780. The lowest BCUT2D eigenvalue weighted by Gasteiger charge is -2.30. The average Bonchev–Trinajstić information content (AvgIpc) is 2.64. The predicted octanol–water partition coefficient (Wildman–Crippen LogP) is 6.10. The summed E-state index contributed by atoms with van der Waals surface area (Å²) < 4.78 is 6.18. The van der Waals surface area contributed by atoms with Crippen molar-refractivity contribution in [3.8, 4) is 11.1 Å². The van der Waals surface area contributed by atoms with Crippen LogP contribution in [0.3, 0.4) is 0 Å². The summed E-state index contributed by atoms with van der Waals surface area (Å²) in [4.78, 5) is 12.6. The van der Waals surface area contributed by atoms with Gasteiger partial charge in [-0.15, -0.1) is 0 Å². The van der Waals surface area contributed by atoms with E-state index in [-0.39, 0.29) is 12.4 Å². The maximum atomic E-state index is 12.6. The molecule has 28 heavy (non-hydrogen) atoms. The topological polar surface area (TPSA) is 46.5 Å². The van der Waals surface area contributed by atoms with E-state index in [1.165, 1.54) is 6.92 Å². The minimum absolute atomic E-state index is 0.102. The van der Waals surface area contributed by atoms with Crippen LogP contribution >= 0.6 is 11.6 Å². The second kappa shape index (κ2) is 8.04. The summed E-state index contributed by atoms with van der Waals surface area (Å²) in [5.74, 6) is -0.102. The Kier molecular flexibility index (Phi) is 5.90. The van der Waals surface area contributed by atoms with E-state index < -0.39 is 11.7 Å². The van der Waals surface area contributed by atoms with Gasteiger partial charge in [-0.3, -0.25) is 4.79 Å². The SMILES string of the molecule is CC(=O)[C@@H](OC(C)(C)C)c1c(CO)cc2ccccc2c1-c1ccc(Cl)cc1. The highest BCUT2D eigenvalue weighted by Crippen LogP contribution is 2.41. The fourth-order valence-corrected chi connectivity index (χ4v) is 3.60. The van der Waals surface area contributed by atoms with Crippen LogP contribution in [0.1, 0.15) is 44.9 Å². The molecule has 0 fully saturated rings. The first-order valence-electron chi connectivity index (χ1n) is 9.31. The van der Waals surface area contributed by atoms with Crippen LogP contribution < -0.4 is 0 Å². The molecule has 0 aliphatic carbocycles. The van der Waals surface area contributed by atoms with Crippen molar-refractivity contribution in [2.45, 2.75) is 46.0 Å². The number of ketones is 1. The number of Topliss-reactive ketones (excluding diaryl/α,β-unsaturated/α-hetero) is 1. The maximum absolute atomic E-state index is 12.6. The quantitative estimate of drug-likeness (QED) is 0.567. The zero-order valence-corrected chi connectivity index (χ0v) is 17.4. The van der Waals surface area contributed by atoms with E-state index in [9.17, 15) is 9.90 Å². The van der Waals surface area contributed by atoms with E-state index >= 15 is 0 Å². The molecule has 0 unspecified atom stereocenters. The molecule has 0 heterocycles. The molecule has 0 spiro atoms. The Balaban J connectivity index is 2.40. The Morgan fingerprint density at radius 3 is 2.32 bits per heavy atom. The first-order chi connectivity index (χ1) is 13.2. The van der Waals surface area contributed by atoms with Crippen molar-refractivity contribution < 1.29 is 14.6 Å². The number of carbonyl (C=O) groups is 1. The highest BCUT2D eigenvalue weighted by molar-refractivity contribution is 6.30. The number of fused-ring (bicyclic) bond motifs is 1. The third kappa shape index (κ3) is 4.27. The molecule has 0 aliphatic rings. The van der Waals surface area contributed by atoms with E-state index in [0.717, 1.165) is 21.9 Å². The van der Waals surface area contributed by atoms with Gasteiger partial charge in [-0.05, 0) is 73.4 Å². The van der Waals surface area contributed by atoms with Gasteiger partial charge in [-0.25, -0.2) is 0 Å². The van der Waals surface area contributed by atoms with Crippen LogP contribution in [0.15, 0.2) is 54.6 Å². The van der Waals surface area contributed by atoms with Gasteiger partial charge in [0.2, 0.25) is 0 Å². The molecule has 3 aromatic carbocycles. The molecule has 0 aliphatic heterocycles. The molecule has 0 amide bonds. The number of hydrogen-bond donors (Lipinski definition) is 1. The van der Waals surface area contributed by atoms with Gasteiger partial charge in [0.15, 0.2) is 5.78 Å². The predicted molar refractivity (Wildman–Crippen MR) is 115 cm³/mol. The number of benzene rings is 3. The third-order valence-electron chi connectivity index (χ3n) is 4.58. The van der Waals surface area contributed by atoms with Gasteiger partial charge in [0, 0.05) is 10.6 Å². The zero-order valence-electron chi connectivity index (χ0n) is 16.6. The fourth-order valence-electron chi connectivity index (χ4n) is 3.48. The molecule has 0 saturated carbocycles. The van der Waals surface area contributed by atoms with Crippen molar-refractivity contribution in [3.63, 3.8) is 0 Å². The Hall–Kier alpha value is -2.20. The minimum Gasteiger partial charge on any atom is -0.392 e. The van der Waals surface area contributed by atoms with Gasteiger partial charge in [0.25, 0.3) is 0 Å². The van der Waals surface area contributed by atoms with E-state index in [2.05, 4.69) is 0 Å². The lowest BCUT2D eigenvalue weighted by molar-refractivity contribution is -0.138. The molecule has 0 saturated heterocycles. The van der Waals surface area contributed by atoms with Crippen LogP contribution in [0.2, 0.25) is 5.02 Å². The van der Waals surface area contributed by atoms with Gasteiger partial charge >= 0.3 is 0 Å². The first-order valence-corrected chi connectivity index (χ1v) is 9.68. The molecular weight excluding hydrogens is 372 g/mol. The molecule has 1 N–H and O–H groups in total. The monoisotopic (exact) mass is 396 g/mol. The molecule has 1 atom stereocenters. The van der Waals surface area contributed by atoms with Crippen LogP contribution in [0.4, 0.5) is 0 Å². The number of aliphatic hydroxyl groups is 1. The third-order valence-corrected chi connectivity index (χ3v) is 4.83. The van der Waals surface area contributed by atoms with E-state index in [4.69, 9.17) is 16.3 Å². The Morgan fingerprint density at radius 1 is 1.11 bits per heavy atom. The van der Waals surface area contributed by atoms with Crippen LogP contribution in [-0.2, 0) is 16.1 Å². The summed E-state index contributed by atoms with van der Waals surface area (Å²) in [5.41, 5.74) is 2.70. The summed E-state index contributed by atoms with van der Waals surface area (Å²) in [6.45, 7) is 7.11. The molecule has 3 nitrogen and oxygen atoms in total. The van der Waals surface area contributed by atoms with Gasteiger partial charge in [-0.2, -0.15) is 0 Å². The second-order valence-electron chi connectivity index (χ2n) is 7.93. The Bertz CT molecular complexity index is 1000. The van der Waals surface area contributed by atoms with E-state index in [1.54, 1.807) is 0 Å². The van der Waals surface area contributed by atoms with Gasteiger partial charge in [0.05, 0.1) is 12.2 Å². The zero-order chi connectivity index (χ0) is 20.5. The van der Waals surface area contributed by atoms with Gasteiger partial charge in [-0.1, -0.05) is 48.0 Å². The fraction of sp³-hybridized carbons (Fsp3) is 0.292. The van der Waals surface area contributed by atoms with Crippen molar-refractivity contribution in [2.24, 2.45) is 0 Å². The van der Waals surface area contributed by atoms with Crippen molar-refractivity contribution in [3.05, 3.63) is 70.7 Å². The molecule has 0 bridgehead atoms. The normalized spacial score (nSPS) is 12.9. The summed E-state index contributed by atoms with van der Waals surface area (Å²) >= 11 is 6.10. The average molecular weight is 397 g/mol. The standard InChI is InChI=1S/C24H25ClO3/c1-15(27)23(28-24(2,3)4)22-18(14-26)13-17-7-5-6-8-20(17)21(22)16-9-11-19(25)12-10-16/h5-13,23,26H,14H2,1-4H3/t23-/m1/s1. The van der Waals surface area contributed by atoms with Crippen LogP contribution in [0.5, 0.6) is 0 Å². The van der Waals surface area contributed by atoms with Crippen molar-refractivity contribution >= 4 is 28.2 Å². The second-order valence-corrected chi connectivity index (χ2v) is 8.37. The summed E-state index contributed by atoms with van der Waals surface area (Å²) in [5, 5.41) is 12.8. The molecule has 0 radical (unpaired) electrons. The number of aliphatic hydroxyl groups excluding tert-OH is 1. The van der Waals surface area contributed by atoms with Crippen LogP contribution in [0, 0.1) is 0 Å². The summed E-state index contributed by atoms with van der Waals surface area (Å²) in [7, 11) is 0. The molecule has 146 valence electrons. The van der Waals surface area contributed by atoms with Gasteiger partial charge in [0.1, 0.15) is 6.10 Å². The van der Waals surface area contributed by atoms with Crippen molar-refractivity contribution in [1.82, 2.24) is 0 Å². The van der Waals surface area contributed by atoms with Crippen molar-refractivity contribution in [1.29, 1.82) is 0 Å². The first kappa shape index (κ1) is 20.5. The van der Waals surface area contributed by atoms with E-state index in [1.807, 2.05) is 75.4 Å². The number of carbonyl (C=O) groups excluding carboxylic acids is 1. The molecule has 3 aromatic rings. The van der Waals surface area contributed by atoms with Gasteiger partial charge < -0.3 is 9.84 Å². The highest BCUT2D eigenvalue weighted by atomic mass is 35.5. The number of halogens is 1. The molecule has 4 heteroatoms. The Morgan fingerprint density at radius 2 is 1.75 bits per heavy atom. The molecule has 3 rings (SSSR count). The number of rotatable bonds is 5. The largest absolute Gasteiger partial charge is 0.392 e. The van der Waals surface area contributed by atoms with Crippen molar-refractivity contribution in [2.75, 3.05) is 0 Å². The lowest BCUT2D eigenvalue weighted by atomic mass is 9.86. The highest BCUT2D eigenvalue weighted by Gasteiger charge is 2.30. The van der Waals surface area contributed by atoms with E-state index in [0.29, 0.717) is 16.1 Å². The molecule has 0 aromatic heterocycles. The summed E-state index contributed by atoms with van der Waals surface area (Å²) in [6, 6.07) is 17.4. The lowest BCUT2D eigenvalue weighted by Crippen LogP contribution is -2.27. The molecular formula is C24H25ClO3. The number of hydrogen-bond acceptors (Lipinski definition) is 3. The smallest absolute Gasteiger partial charge is 0.163 e. The van der Waals surface area contributed by atoms with Crippen LogP contribution in [-0.4, -0.2) is 16.5 Å². The summed E-state index contributed by atoms with van der Waals surface area (Å²) in [6.07, 6.45) is -0.780. The number of ether oxygens (including phenoxy) is 1. The van der Waals surface area contributed by atoms with Crippen LogP contribution in [0.25, 0.3) is 21.9 Å². The Labute approximate surface area is 170 Å².